The summed E-state index contributed by atoms with van der Waals surface area (Å²) >= 11 is 3.45. The molecule has 2 atom stereocenters. The number of likely N-dealkylation sites (tertiary alicyclic amines) is 1. The Morgan fingerprint density at radius 2 is 2.14 bits per heavy atom. The summed E-state index contributed by atoms with van der Waals surface area (Å²) in [6.45, 7) is 2.13. The topological polar surface area (TPSA) is 40.5 Å². The van der Waals surface area contributed by atoms with Gasteiger partial charge in [0, 0.05) is 29.0 Å². The van der Waals surface area contributed by atoms with E-state index in [-0.39, 0.29) is 5.78 Å². The monoisotopic (exact) mass is 351 g/mol. The molecule has 0 spiro atoms. The van der Waals surface area contributed by atoms with Crippen molar-refractivity contribution in [2.24, 2.45) is 5.92 Å². The summed E-state index contributed by atoms with van der Waals surface area (Å²) in [5.74, 6) is 0.496. The minimum atomic E-state index is -0.467. The molecule has 1 aromatic carbocycles. The number of fused-ring (bicyclic) bond motifs is 1. The Kier molecular flexibility index (Phi) is 4.48. The van der Waals surface area contributed by atoms with Crippen molar-refractivity contribution in [3.63, 3.8) is 0 Å². The summed E-state index contributed by atoms with van der Waals surface area (Å²) < 4.78 is 0.862. The van der Waals surface area contributed by atoms with Crippen LogP contribution in [0.1, 0.15) is 42.5 Å². The van der Waals surface area contributed by atoms with Crippen LogP contribution < -0.4 is 0 Å². The lowest BCUT2D eigenvalue weighted by Gasteiger charge is -2.47. The predicted molar refractivity (Wildman–Crippen MR) is 86.4 cm³/mol. The van der Waals surface area contributed by atoms with E-state index in [1.165, 1.54) is 6.42 Å². The fraction of sp³-hybridized carbons (Fsp3) is 0.588. The summed E-state index contributed by atoms with van der Waals surface area (Å²) in [6, 6.07) is 7.59. The third-order valence-electron chi connectivity index (χ3n) is 5.05. The quantitative estimate of drug-likeness (QED) is 0.849. The molecule has 0 aromatic heterocycles. The number of carbonyl (C=O) groups is 1. The molecule has 114 valence electrons. The maximum atomic E-state index is 12.4. The fourth-order valence-corrected chi connectivity index (χ4v) is 4.26. The number of ketones is 1. The first kappa shape index (κ1) is 15.2. The lowest BCUT2D eigenvalue weighted by molar-refractivity contribution is -0.0936. The van der Waals surface area contributed by atoms with Gasteiger partial charge in [0.2, 0.25) is 0 Å². The predicted octanol–water partition coefficient (Wildman–Crippen LogP) is 3.26. The van der Waals surface area contributed by atoms with Gasteiger partial charge in [-0.25, -0.2) is 0 Å². The molecule has 1 aliphatic heterocycles. The molecule has 2 fully saturated rings. The maximum absolute atomic E-state index is 12.4. The van der Waals surface area contributed by atoms with E-state index in [2.05, 4.69) is 20.8 Å². The molecule has 1 aliphatic carbocycles. The molecule has 0 amide bonds. The molecule has 1 saturated heterocycles. The Hall–Kier alpha value is -0.710. The average molecular weight is 352 g/mol. The van der Waals surface area contributed by atoms with E-state index in [1.807, 2.05) is 24.3 Å². The molecule has 1 aromatic rings. The fourth-order valence-electron chi connectivity index (χ4n) is 3.76. The molecule has 2 aliphatic rings. The molecule has 1 saturated carbocycles. The largest absolute Gasteiger partial charge is 0.390 e. The van der Waals surface area contributed by atoms with Crippen LogP contribution in [0.25, 0.3) is 0 Å². The number of benzene rings is 1. The first-order valence-corrected chi connectivity index (χ1v) is 8.60. The standard InChI is InChI=1S/C17H22BrNO2/c18-15-7-2-1-6-14(15)16(20)12-19-10-9-17(21)8-4-3-5-13(17)11-19/h1-2,6-7,13,21H,3-5,8-12H2. The zero-order chi connectivity index (χ0) is 14.9. The number of hydrogen-bond donors (Lipinski definition) is 1. The summed E-state index contributed by atoms with van der Waals surface area (Å²) in [5, 5.41) is 10.7. The summed E-state index contributed by atoms with van der Waals surface area (Å²) in [7, 11) is 0. The van der Waals surface area contributed by atoms with Gasteiger partial charge in [0.25, 0.3) is 0 Å². The van der Waals surface area contributed by atoms with Crippen LogP contribution in [0.4, 0.5) is 0 Å². The molecule has 0 bridgehead atoms. The summed E-state index contributed by atoms with van der Waals surface area (Å²) in [5.41, 5.74) is 0.285. The van der Waals surface area contributed by atoms with Crippen LogP contribution in [0.3, 0.4) is 0 Å². The molecule has 3 nitrogen and oxygen atoms in total. The van der Waals surface area contributed by atoms with Crippen molar-refractivity contribution in [2.45, 2.75) is 37.7 Å². The Labute approximate surface area is 134 Å². The van der Waals surface area contributed by atoms with Crippen LogP contribution >= 0.6 is 15.9 Å². The van der Waals surface area contributed by atoms with E-state index in [4.69, 9.17) is 0 Å². The second-order valence-electron chi connectivity index (χ2n) is 6.43. The van der Waals surface area contributed by atoms with Gasteiger partial charge in [-0.05, 0) is 25.3 Å². The number of rotatable bonds is 3. The van der Waals surface area contributed by atoms with Gasteiger partial charge in [-0.2, -0.15) is 0 Å². The van der Waals surface area contributed by atoms with Crippen LogP contribution in [0.15, 0.2) is 28.7 Å². The van der Waals surface area contributed by atoms with Gasteiger partial charge in [0.1, 0.15) is 0 Å². The van der Waals surface area contributed by atoms with Gasteiger partial charge in [-0.1, -0.05) is 47.0 Å². The molecule has 1 N–H and O–H groups in total. The number of carbonyl (C=O) groups excluding carboxylic acids is 1. The van der Waals surface area contributed by atoms with Crippen LogP contribution in [0, 0.1) is 5.92 Å². The van der Waals surface area contributed by atoms with Crippen LogP contribution in [0.2, 0.25) is 0 Å². The Morgan fingerprint density at radius 3 is 2.95 bits per heavy atom. The van der Waals surface area contributed by atoms with Crippen molar-refractivity contribution < 1.29 is 9.90 Å². The highest BCUT2D eigenvalue weighted by Gasteiger charge is 2.42. The molecule has 2 unspecified atom stereocenters. The Balaban J connectivity index is 1.64. The van der Waals surface area contributed by atoms with Gasteiger partial charge in [-0.3, -0.25) is 9.69 Å². The first-order chi connectivity index (χ1) is 10.1. The molecule has 0 radical (unpaired) electrons. The van der Waals surface area contributed by atoms with Crippen molar-refractivity contribution >= 4 is 21.7 Å². The number of nitrogens with zero attached hydrogens (tertiary/aromatic N) is 1. The van der Waals surface area contributed by atoms with Crippen LogP contribution in [-0.4, -0.2) is 41.0 Å². The SMILES string of the molecule is O=C(CN1CCC2(O)CCCCC2C1)c1ccccc1Br. The Bertz CT molecular complexity index is 533. The molecule has 1 heterocycles. The lowest BCUT2D eigenvalue weighted by atomic mass is 9.71. The highest BCUT2D eigenvalue weighted by Crippen LogP contribution is 2.39. The van der Waals surface area contributed by atoms with E-state index in [0.717, 1.165) is 48.8 Å². The van der Waals surface area contributed by atoms with Gasteiger partial charge >= 0.3 is 0 Å². The minimum Gasteiger partial charge on any atom is -0.390 e. The number of halogens is 1. The number of piperidine rings is 1. The van der Waals surface area contributed by atoms with Crippen molar-refractivity contribution in [3.8, 4) is 0 Å². The summed E-state index contributed by atoms with van der Waals surface area (Å²) in [6.07, 6.45) is 5.18. The van der Waals surface area contributed by atoms with Gasteiger partial charge in [-0.15, -0.1) is 0 Å². The number of Topliss-reactive ketones (excluding diaryl/α,β-unsaturated/α-hetero) is 1. The highest BCUT2D eigenvalue weighted by molar-refractivity contribution is 9.10. The van der Waals surface area contributed by atoms with Crippen molar-refractivity contribution in [1.82, 2.24) is 4.90 Å². The molecule has 4 heteroatoms. The van der Waals surface area contributed by atoms with E-state index in [1.54, 1.807) is 0 Å². The average Bonchev–Trinajstić information content (AvgIpc) is 2.48. The molecular formula is C17H22BrNO2. The smallest absolute Gasteiger partial charge is 0.177 e. The van der Waals surface area contributed by atoms with E-state index in [9.17, 15) is 9.90 Å². The third-order valence-corrected chi connectivity index (χ3v) is 5.74. The van der Waals surface area contributed by atoms with E-state index in [0.29, 0.717) is 12.5 Å². The van der Waals surface area contributed by atoms with Crippen LogP contribution in [0.5, 0.6) is 0 Å². The summed E-state index contributed by atoms with van der Waals surface area (Å²) in [4.78, 5) is 14.7. The maximum Gasteiger partial charge on any atom is 0.177 e. The lowest BCUT2D eigenvalue weighted by Crippen LogP contribution is -2.54. The second-order valence-corrected chi connectivity index (χ2v) is 7.29. The van der Waals surface area contributed by atoms with Gasteiger partial charge < -0.3 is 5.11 Å². The van der Waals surface area contributed by atoms with Crippen molar-refractivity contribution in [1.29, 1.82) is 0 Å². The first-order valence-electron chi connectivity index (χ1n) is 7.81. The molecule has 3 rings (SSSR count). The Morgan fingerprint density at radius 1 is 1.33 bits per heavy atom. The van der Waals surface area contributed by atoms with E-state index < -0.39 is 5.60 Å². The van der Waals surface area contributed by atoms with Gasteiger partial charge in [0.15, 0.2) is 5.78 Å². The zero-order valence-corrected chi connectivity index (χ0v) is 13.8. The number of hydrogen-bond acceptors (Lipinski definition) is 3. The zero-order valence-electron chi connectivity index (χ0n) is 12.2. The molecule has 21 heavy (non-hydrogen) atoms. The van der Waals surface area contributed by atoms with Crippen molar-refractivity contribution in [3.05, 3.63) is 34.3 Å². The van der Waals surface area contributed by atoms with Crippen LogP contribution in [-0.2, 0) is 0 Å². The van der Waals surface area contributed by atoms with E-state index >= 15 is 0 Å². The minimum absolute atomic E-state index is 0.156. The van der Waals surface area contributed by atoms with Crippen molar-refractivity contribution in [2.75, 3.05) is 19.6 Å². The normalized spacial score (nSPS) is 29.9. The highest BCUT2D eigenvalue weighted by atomic mass is 79.9. The third kappa shape index (κ3) is 3.22. The second kappa shape index (κ2) is 6.19. The number of aliphatic hydroxyl groups is 1. The van der Waals surface area contributed by atoms with Gasteiger partial charge in [0.05, 0.1) is 12.1 Å². The molecular weight excluding hydrogens is 330 g/mol.